The topological polar surface area (TPSA) is 29.1 Å². The number of nitrogens with one attached hydrogen (secondary N) is 1. The van der Waals surface area contributed by atoms with Crippen LogP contribution in [0.2, 0.25) is 0 Å². The summed E-state index contributed by atoms with van der Waals surface area (Å²) in [5.41, 5.74) is -0.182. The van der Waals surface area contributed by atoms with Crippen LogP contribution in [0.15, 0.2) is 0 Å². The van der Waals surface area contributed by atoms with E-state index < -0.39 is 0 Å². The Bertz CT molecular complexity index is 220. The summed E-state index contributed by atoms with van der Waals surface area (Å²) in [4.78, 5) is 12.0. The average Bonchev–Trinajstić information content (AvgIpc) is 2.24. The van der Waals surface area contributed by atoms with E-state index in [-0.39, 0.29) is 5.54 Å². The summed E-state index contributed by atoms with van der Waals surface area (Å²) < 4.78 is 0. The van der Waals surface area contributed by atoms with Crippen LogP contribution in [0.25, 0.3) is 0 Å². The van der Waals surface area contributed by atoms with E-state index in [0.29, 0.717) is 11.7 Å². The molecule has 0 radical (unpaired) electrons. The molecular weight excluding hydrogens is 174 g/mol. The van der Waals surface area contributed by atoms with E-state index in [1.807, 2.05) is 0 Å². The lowest BCUT2D eigenvalue weighted by atomic mass is 9.71. The van der Waals surface area contributed by atoms with Crippen LogP contribution < -0.4 is 5.32 Å². The monoisotopic (exact) mass is 195 g/mol. The highest BCUT2D eigenvalue weighted by molar-refractivity contribution is 5.89. The van der Waals surface area contributed by atoms with Gasteiger partial charge in [0, 0.05) is 6.42 Å². The van der Waals surface area contributed by atoms with E-state index >= 15 is 0 Å². The number of hydrogen-bond acceptors (Lipinski definition) is 2. The van der Waals surface area contributed by atoms with Crippen molar-refractivity contribution in [2.45, 2.75) is 57.4 Å². The van der Waals surface area contributed by atoms with Gasteiger partial charge in [0.15, 0.2) is 5.78 Å². The summed E-state index contributed by atoms with van der Waals surface area (Å²) >= 11 is 0. The molecule has 2 heteroatoms. The number of rotatable bonds is 1. The molecule has 0 aromatic heterocycles. The number of piperidine rings is 1. The normalized spacial score (nSPS) is 35.9. The number of hydrogen-bond donors (Lipinski definition) is 1. The van der Waals surface area contributed by atoms with Crippen molar-refractivity contribution < 1.29 is 4.79 Å². The van der Waals surface area contributed by atoms with Gasteiger partial charge in [0.2, 0.25) is 0 Å². The molecule has 1 saturated heterocycles. The van der Waals surface area contributed by atoms with Crippen LogP contribution in [-0.4, -0.2) is 17.9 Å². The fourth-order valence-corrected chi connectivity index (χ4v) is 3.01. The van der Waals surface area contributed by atoms with Crippen molar-refractivity contribution in [2.24, 2.45) is 5.92 Å². The molecule has 0 amide bonds. The Kier molecular flexibility index (Phi) is 2.91. The first kappa shape index (κ1) is 10.2. The van der Waals surface area contributed by atoms with Gasteiger partial charge in [-0.1, -0.05) is 19.3 Å². The molecule has 1 saturated carbocycles. The number of Topliss-reactive ketones (excluding diaryl/α,β-unsaturated/α-hetero) is 1. The van der Waals surface area contributed by atoms with Crippen LogP contribution in [0.4, 0.5) is 0 Å². The number of ketones is 1. The lowest BCUT2D eigenvalue weighted by Gasteiger charge is -2.42. The molecule has 0 spiro atoms. The lowest BCUT2D eigenvalue weighted by Crippen LogP contribution is -2.58. The standard InChI is InChI=1S/C12H21NO/c1-12(10-6-3-2-4-7-10)11(14)8-5-9-13-12/h10,13H,2-9H2,1H3. The Hall–Kier alpha value is -0.370. The molecule has 1 aliphatic carbocycles. The molecular formula is C12H21NO. The van der Waals surface area contributed by atoms with Gasteiger partial charge in [-0.2, -0.15) is 0 Å². The molecule has 0 aromatic rings. The van der Waals surface area contributed by atoms with Crippen LogP contribution in [-0.2, 0) is 4.79 Å². The molecule has 1 aliphatic heterocycles. The minimum atomic E-state index is -0.182. The first-order valence-electron chi connectivity index (χ1n) is 6.02. The summed E-state index contributed by atoms with van der Waals surface area (Å²) in [6.45, 7) is 3.16. The van der Waals surface area contributed by atoms with Crippen molar-refractivity contribution in [1.29, 1.82) is 0 Å². The van der Waals surface area contributed by atoms with Crippen molar-refractivity contribution in [3.05, 3.63) is 0 Å². The highest BCUT2D eigenvalue weighted by Gasteiger charge is 2.41. The van der Waals surface area contributed by atoms with Gasteiger partial charge in [-0.15, -0.1) is 0 Å². The zero-order chi connectivity index (χ0) is 10.0. The quantitative estimate of drug-likeness (QED) is 0.695. The van der Waals surface area contributed by atoms with E-state index in [1.165, 1.54) is 32.1 Å². The Labute approximate surface area is 86.5 Å². The van der Waals surface area contributed by atoms with E-state index in [2.05, 4.69) is 12.2 Å². The van der Waals surface area contributed by atoms with Crippen molar-refractivity contribution in [2.75, 3.05) is 6.54 Å². The SMILES string of the molecule is CC1(C2CCCCC2)NCCCC1=O. The molecule has 1 N–H and O–H groups in total. The highest BCUT2D eigenvalue weighted by atomic mass is 16.1. The van der Waals surface area contributed by atoms with Gasteiger partial charge in [0.1, 0.15) is 0 Å². The first-order chi connectivity index (χ1) is 6.73. The largest absolute Gasteiger partial charge is 0.305 e. The molecule has 0 aromatic carbocycles. The van der Waals surface area contributed by atoms with Crippen molar-refractivity contribution >= 4 is 5.78 Å². The number of carbonyl (C=O) groups is 1. The van der Waals surface area contributed by atoms with Gasteiger partial charge in [-0.3, -0.25) is 4.79 Å². The second kappa shape index (κ2) is 4.01. The summed E-state index contributed by atoms with van der Waals surface area (Å²) in [7, 11) is 0. The molecule has 0 bridgehead atoms. The third-order valence-electron chi connectivity index (χ3n) is 4.07. The zero-order valence-electron chi connectivity index (χ0n) is 9.14. The molecule has 2 fully saturated rings. The molecule has 2 rings (SSSR count). The van der Waals surface area contributed by atoms with E-state index in [4.69, 9.17) is 0 Å². The van der Waals surface area contributed by atoms with E-state index in [0.717, 1.165) is 19.4 Å². The maximum atomic E-state index is 12.0. The molecule has 1 heterocycles. The van der Waals surface area contributed by atoms with Gasteiger partial charge < -0.3 is 5.32 Å². The van der Waals surface area contributed by atoms with Crippen LogP contribution in [0.1, 0.15) is 51.9 Å². The van der Waals surface area contributed by atoms with Crippen LogP contribution in [0, 0.1) is 5.92 Å². The van der Waals surface area contributed by atoms with Gasteiger partial charge in [0.05, 0.1) is 5.54 Å². The highest BCUT2D eigenvalue weighted by Crippen LogP contribution is 2.35. The Morgan fingerprint density at radius 1 is 1.21 bits per heavy atom. The lowest BCUT2D eigenvalue weighted by molar-refractivity contribution is -0.129. The third-order valence-corrected chi connectivity index (χ3v) is 4.07. The van der Waals surface area contributed by atoms with Crippen molar-refractivity contribution in [3.8, 4) is 0 Å². The fraction of sp³-hybridized carbons (Fsp3) is 0.917. The Morgan fingerprint density at radius 2 is 1.93 bits per heavy atom. The second-order valence-corrected chi connectivity index (χ2v) is 4.99. The summed E-state index contributed by atoms with van der Waals surface area (Å²) in [6.07, 6.45) is 8.30. The van der Waals surface area contributed by atoms with Gasteiger partial charge >= 0.3 is 0 Å². The predicted octanol–water partition coefficient (Wildman–Crippen LogP) is 2.28. The summed E-state index contributed by atoms with van der Waals surface area (Å²) in [6, 6.07) is 0. The third kappa shape index (κ3) is 1.72. The number of carbonyl (C=O) groups excluding carboxylic acids is 1. The molecule has 2 nitrogen and oxygen atoms in total. The van der Waals surface area contributed by atoms with Gasteiger partial charge in [-0.25, -0.2) is 0 Å². The Balaban J connectivity index is 2.07. The molecule has 1 unspecified atom stereocenters. The average molecular weight is 195 g/mol. The van der Waals surface area contributed by atoms with Gasteiger partial charge in [0.25, 0.3) is 0 Å². The van der Waals surface area contributed by atoms with Crippen LogP contribution in [0.5, 0.6) is 0 Å². The minimum Gasteiger partial charge on any atom is -0.305 e. The van der Waals surface area contributed by atoms with Crippen molar-refractivity contribution in [1.82, 2.24) is 5.32 Å². The molecule has 14 heavy (non-hydrogen) atoms. The Morgan fingerprint density at radius 3 is 2.57 bits per heavy atom. The van der Waals surface area contributed by atoms with Crippen LogP contribution >= 0.6 is 0 Å². The van der Waals surface area contributed by atoms with Gasteiger partial charge in [-0.05, 0) is 38.6 Å². The maximum Gasteiger partial charge on any atom is 0.152 e. The minimum absolute atomic E-state index is 0.182. The molecule has 2 aliphatic rings. The van der Waals surface area contributed by atoms with E-state index in [1.54, 1.807) is 0 Å². The maximum absolute atomic E-state index is 12.0. The van der Waals surface area contributed by atoms with Crippen LogP contribution in [0.3, 0.4) is 0 Å². The molecule has 1 atom stereocenters. The second-order valence-electron chi connectivity index (χ2n) is 4.99. The first-order valence-corrected chi connectivity index (χ1v) is 6.02. The van der Waals surface area contributed by atoms with Crippen molar-refractivity contribution in [3.63, 3.8) is 0 Å². The molecule has 80 valence electrons. The summed E-state index contributed by atoms with van der Waals surface area (Å²) in [5, 5.41) is 3.47. The smallest absolute Gasteiger partial charge is 0.152 e. The summed E-state index contributed by atoms with van der Waals surface area (Å²) in [5.74, 6) is 1.06. The predicted molar refractivity (Wildman–Crippen MR) is 57.2 cm³/mol. The van der Waals surface area contributed by atoms with E-state index in [9.17, 15) is 4.79 Å². The fourth-order valence-electron chi connectivity index (χ4n) is 3.01. The zero-order valence-corrected chi connectivity index (χ0v) is 9.14.